The number of benzene rings is 2. The largest absolute Gasteiger partial charge is 0.348 e. The van der Waals surface area contributed by atoms with Crippen LogP contribution < -0.4 is 5.32 Å². The Labute approximate surface area is 146 Å². The lowest BCUT2D eigenvalue weighted by molar-refractivity contribution is -0.131. The number of nitriles is 1. The standard InChI is InChI=1S/C20H19N3O2/c21-10-8-19(24)23-11-9-16-12-17(6-7-18(16)14-23)20(25)22-13-15-4-2-1-3-5-15/h1-7,12H,8-9,11,13-14H2,(H,22,25). The topological polar surface area (TPSA) is 73.2 Å². The van der Waals surface area contributed by atoms with Gasteiger partial charge >= 0.3 is 0 Å². The maximum atomic E-state index is 12.3. The summed E-state index contributed by atoms with van der Waals surface area (Å²) >= 11 is 0. The number of carbonyl (C=O) groups is 2. The highest BCUT2D eigenvalue weighted by Crippen LogP contribution is 2.21. The minimum Gasteiger partial charge on any atom is -0.348 e. The van der Waals surface area contributed by atoms with Crippen molar-refractivity contribution in [2.45, 2.75) is 25.9 Å². The third-order valence-electron chi connectivity index (χ3n) is 4.36. The fourth-order valence-corrected chi connectivity index (χ4v) is 2.97. The van der Waals surface area contributed by atoms with Crippen LogP contribution >= 0.6 is 0 Å². The highest BCUT2D eigenvalue weighted by atomic mass is 16.2. The van der Waals surface area contributed by atoms with Crippen molar-refractivity contribution in [1.82, 2.24) is 10.2 Å². The number of carbonyl (C=O) groups excluding carboxylic acids is 2. The molecule has 0 aromatic heterocycles. The summed E-state index contributed by atoms with van der Waals surface area (Å²) in [5.74, 6) is -0.243. The molecule has 2 aromatic carbocycles. The second-order valence-corrected chi connectivity index (χ2v) is 6.05. The first kappa shape index (κ1) is 16.7. The van der Waals surface area contributed by atoms with E-state index in [1.54, 1.807) is 11.0 Å². The van der Waals surface area contributed by atoms with Gasteiger partial charge in [-0.25, -0.2) is 0 Å². The van der Waals surface area contributed by atoms with E-state index >= 15 is 0 Å². The molecule has 25 heavy (non-hydrogen) atoms. The molecule has 0 saturated heterocycles. The number of hydrogen-bond acceptors (Lipinski definition) is 3. The fraction of sp³-hybridized carbons (Fsp3) is 0.250. The van der Waals surface area contributed by atoms with Crippen molar-refractivity contribution in [3.8, 4) is 6.07 Å². The third-order valence-corrected chi connectivity index (χ3v) is 4.36. The van der Waals surface area contributed by atoms with E-state index in [0.29, 0.717) is 31.6 Å². The van der Waals surface area contributed by atoms with E-state index in [1.807, 2.05) is 48.5 Å². The lowest BCUT2D eigenvalue weighted by Crippen LogP contribution is -2.35. The van der Waals surface area contributed by atoms with E-state index in [-0.39, 0.29) is 18.2 Å². The molecular weight excluding hydrogens is 314 g/mol. The summed E-state index contributed by atoms with van der Waals surface area (Å²) in [5, 5.41) is 11.6. The molecule has 0 fully saturated rings. The van der Waals surface area contributed by atoms with Gasteiger partial charge in [-0.05, 0) is 35.2 Å². The second-order valence-electron chi connectivity index (χ2n) is 6.05. The Morgan fingerprint density at radius 1 is 1.12 bits per heavy atom. The Morgan fingerprint density at radius 3 is 2.68 bits per heavy atom. The van der Waals surface area contributed by atoms with Crippen molar-refractivity contribution in [3.05, 3.63) is 70.8 Å². The van der Waals surface area contributed by atoms with Crippen molar-refractivity contribution in [2.75, 3.05) is 6.54 Å². The number of fused-ring (bicyclic) bond motifs is 1. The highest BCUT2D eigenvalue weighted by molar-refractivity contribution is 5.94. The van der Waals surface area contributed by atoms with Crippen molar-refractivity contribution in [2.24, 2.45) is 0 Å². The monoisotopic (exact) mass is 333 g/mol. The van der Waals surface area contributed by atoms with Crippen LogP contribution in [0.2, 0.25) is 0 Å². The molecule has 3 rings (SSSR count). The van der Waals surface area contributed by atoms with E-state index in [9.17, 15) is 9.59 Å². The molecule has 5 heteroatoms. The molecule has 0 spiro atoms. The number of rotatable bonds is 4. The first-order valence-corrected chi connectivity index (χ1v) is 8.26. The minimum atomic E-state index is -0.141. The van der Waals surface area contributed by atoms with E-state index in [1.165, 1.54) is 0 Å². The third kappa shape index (κ3) is 4.04. The SMILES string of the molecule is N#CCC(=O)N1CCc2cc(C(=O)NCc3ccccc3)ccc2C1. The summed E-state index contributed by atoms with van der Waals surface area (Å²) in [6.45, 7) is 1.58. The summed E-state index contributed by atoms with van der Waals surface area (Å²) in [6.07, 6.45) is 0.613. The van der Waals surface area contributed by atoms with Gasteiger partial charge < -0.3 is 10.2 Å². The minimum absolute atomic E-state index is 0.0880. The summed E-state index contributed by atoms with van der Waals surface area (Å²) in [4.78, 5) is 25.9. The zero-order valence-corrected chi connectivity index (χ0v) is 13.9. The van der Waals surface area contributed by atoms with E-state index in [4.69, 9.17) is 5.26 Å². The van der Waals surface area contributed by atoms with Gasteiger partial charge in [0.1, 0.15) is 6.42 Å². The van der Waals surface area contributed by atoms with Gasteiger partial charge in [0.25, 0.3) is 5.91 Å². The average Bonchev–Trinajstić information content (AvgIpc) is 2.66. The van der Waals surface area contributed by atoms with Gasteiger partial charge in [-0.1, -0.05) is 36.4 Å². The Bertz CT molecular complexity index is 825. The van der Waals surface area contributed by atoms with Gasteiger partial charge in [-0.3, -0.25) is 9.59 Å². The van der Waals surface area contributed by atoms with E-state index in [0.717, 1.165) is 16.7 Å². The van der Waals surface area contributed by atoms with Crippen LogP contribution in [0.3, 0.4) is 0 Å². The molecule has 0 unspecified atom stereocenters. The fourth-order valence-electron chi connectivity index (χ4n) is 2.97. The van der Waals surface area contributed by atoms with Gasteiger partial charge in [0.15, 0.2) is 0 Å². The lowest BCUT2D eigenvalue weighted by atomic mass is 9.96. The van der Waals surface area contributed by atoms with Crippen LogP contribution in [0.4, 0.5) is 0 Å². The Morgan fingerprint density at radius 2 is 1.92 bits per heavy atom. The van der Waals surface area contributed by atoms with Crippen LogP contribution in [0.25, 0.3) is 0 Å². The normalized spacial score (nSPS) is 12.8. The molecule has 2 amide bonds. The first-order chi connectivity index (χ1) is 12.2. The molecule has 0 bridgehead atoms. The van der Waals surface area contributed by atoms with Crippen molar-refractivity contribution >= 4 is 11.8 Å². The van der Waals surface area contributed by atoms with Crippen LogP contribution in [-0.4, -0.2) is 23.3 Å². The van der Waals surface area contributed by atoms with Crippen molar-refractivity contribution < 1.29 is 9.59 Å². The molecule has 0 aliphatic carbocycles. The number of amides is 2. The van der Waals surface area contributed by atoms with Crippen molar-refractivity contribution in [1.29, 1.82) is 5.26 Å². The van der Waals surface area contributed by atoms with Crippen LogP contribution in [0.5, 0.6) is 0 Å². The van der Waals surface area contributed by atoms with Gasteiger partial charge in [0.05, 0.1) is 6.07 Å². The van der Waals surface area contributed by atoms with Gasteiger partial charge in [0, 0.05) is 25.2 Å². The molecular formula is C20H19N3O2. The van der Waals surface area contributed by atoms with Gasteiger partial charge in [0.2, 0.25) is 5.91 Å². The summed E-state index contributed by atoms with van der Waals surface area (Å²) in [6, 6.07) is 17.3. The average molecular weight is 333 g/mol. The van der Waals surface area contributed by atoms with Gasteiger partial charge in [-0.15, -0.1) is 0 Å². The summed E-state index contributed by atoms with van der Waals surface area (Å²) < 4.78 is 0. The lowest BCUT2D eigenvalue weighted by Gasteiger charge is -2.28. The highest BCUT2D eigenvalue weighted by Gasteiger charge is 2.21. The maximum absolute atomic E-state index is 12.3. The first-order valence-electron chi connectivity index (χ1n) is 8.26. The van der Waals surface area contributed by atoms with Crippen LogP contribution in [-0.2, 0) is 24.3 Å². The molecule has 1 aliphatic heterocycles. The smallest absolute Gasteiger partial charge is 0.251 e. The molecule has 1 N–H and O–H groups in total. The number of nitrogens with one attached hydrogen (secondary N) is 1. The van der Waals surface area contributed by atoms with E-state index in [2.05, 4.69) is 5.32 Å². The maximum Gasteiger partial charge on any atom is 0.251 e. The summed E-state index contributed by atoms with van der Waals surface area (Å²) in [5.41, 5.74) is 3.82. The van der Waals surface area contributed by atoms with Crippen LogP contribution in [0.15, 0.2) is 48.5 Å². The zero-order valence-electron chi connectivity index (χ0n) is 13.9. The molecule has 0 atom stereocenters. The zero-order chi connectivity index (χ0) is 17.6. The molecule has 1 aliphatic rings. The summed E-state index contributed by atoms with van der Waals surface area (Å²) in [7, 11) is 0. The quantitative estimate of drug-likeness (QED) is 0.934. The number of hydrogen-bond donors (Lipinski definition) is 1. The van der Waals surface area contributed by atoms with E-state index < -0.39 is 0 Å². The van der Waals surface area contributed by atoms with Crippen LogP contribution in [0, 0.1) is 11.3 Å². The van der Waals surface area contributed by atoms with Gasteiger partial charge in [-0.2, -0.15) is 5.26 Å². The molecule has 5 nitrogen and oxygen atoms in total. The second kappa shape index (κ2) is 7.63. The number of nitrogens with zero attached hydrogens (tertiary/aromatic N) is 2. The Balaban J connectivity index is 1.65. The van der Waals surface area contributed by atoms with Crippen molar-refractivity contribution in [3.63, 3.8) is 0 Å². The predicted octanol–water partition coefficient (Wildman–Crippen LogP) is 2.41. The molecule has 2 aromatic rings. The Hall–Kier alpha value is -3.13. The molecule has 0 saturated carbocycles. The predicted molar refractivity (Wildman–Crippen MR) is 93.4 cm³/mol. The molecule has 126 valence electrons. The molecule has 1 heterocycles. The Kier molecular flexibility index (Phi) is 5.10. The molecule has 0 radical (unpaired) electrons. The van der Waals surface area contributed by atoms with Crippen LogP contribution in [0.1, 0.15) is 33.5 Å².